The first kappa shape index (κ1) is 11.5. The molecule has 0 aliphatic heterocycles. The van der Waals surface area contributed by atoms with Crippen molar-refractivity contribution in [3.05, 3.63) is 29.8 Å². The summed E-state index contributed by atoms with van der Waals surface area (Å²) in [6.07, 6.45) is 0.665. The number of hydrogen-bond acceptors (Lipinski definition) is 3. The first-order chi connectivity index (χ1) is 7.26. The fourth-order valence-corrected chi connectivity index (χ4v) is 1.18. The smallest absolute Gasteiger partial charge is 0.0715 e. The van der Waals surface area contributed by atoms with Gasteiger partial charge < -0.3 is 10.1 Å². The molecule has 0 bridgehead atoms. The second-order valence-electron chi connectivity index (χ2n) is 3.46. The Kier molecular flexibility index (Phi) is 4.65. The zero-order valence-electron chi connectivity index (χ0n) is 9.16. The van der Waals surface area contributed by atoms with Crippen LogP contribution in [0.1, 0.15) is 12.5 Å². The Balaban J connectivity index is 2.46. The van der Waals surface area contributed by atoms with Crippen molar-refractivity contribution >= 4 is 5.69 Å². The van der Waals surface area contributed by atoms with Crippen molar-refractivity contribution < 1.29 is 4.74 Å². The summed E-state index contributed by atoms with van der Waals surface area (Å²) in [7, 11) is 1.70. The van der Waals surface area contributed by atoms with E-state index in [2.05, 4.69) is 11.4 Å². The number of methoxy groups -OCH3 is 1. The molecule has 0 aromatic heterocycles. The van der Waals surface area contributed by atoms with E-state index in [1.807, 2.05) is 31.2 Å². The number of rotatable bonds is 5. The molecular weight excluding hydrogens is 188 g/mol. The summed E-state index contributed by atoms with van der Waals surface area (Å²) in [5, 5.41) is 11.8. The van der Waals surface area contributed by atoms with Gasteiger partial charge in [-0.2, -0.15) is 5.26 Å². The molecule has 0 radical (unpaired) electrons. The molecule has 0 fully saturated rings. The molecule has 0 spiro atoms. The second kappa shape index (κ2) is 6.05. The summed E-state index contributed by atoms with van der Waals surface area (Å²) in [6.45, 7) is 2.80. The first-order valence-corrected chi connectivity index (χ1v) is 4.99. The quantitative estimate of drug-likeness (QED) is 0.799. The Labute approximate surface area is 90.7 Å². The van der Waals surface area contributed by atoms with Gasteiger partial charge in [0.1, 0.15) is 0 Å². The number of ether oxygens (including phenoxy) is 1. The van der Waals surface area contributed by atoms with Crippen LogP contribution in [0.25, 0.3) is 0 Å². The van der Waals surface area contributed by atoms with Crippen LogP contribution in [0.4, 0.5) is 5.69 Å². The van der Waals surface area contributed by atoms with E-state index < -0.39 is 0 Å². The highest BCUT2D eigenvalue weighted by molar-refractivity contribution is 5.45. The topological polar surface area (TPSA) is 45.0 Å². The molecule has 1 rings (SSSR count). The monoisotopic (exact) mass is 204 g/mol. The van der Waals surface area contributed by atoms with E-state index >= 15 is 0 Å². The van der Waals surface area contributed by atoms with E-state index in [1.54, 1.807) is 7.11 Å². The average Bonchev–Trinajstić information content (AvgIpc) is 2.28. The third-order valence-corrected chi connectivity index (χ3v) is 2.23. The Morgan fingerprint density at radius 3 is 2.60 bits per heavy atom. The van der Waals surface area contributed by atoms with Gasteiger partial charge >= 0.3 is 0 Å². The average molecular weight is 204 g/mol. The van der Waals surface area contributed by atoms with Gasteiger partial charge in [0, 0.05) is 19.3 Å². The predicted molar refractivity (Wildman–Crippen MR) is 60.7 cm³/mol. The number of nitrogens with zero attached hydrogens (tertiary/aromatic N) is 1. The van der Waals surface area contributed by atoms with Crippen molar-refractivity contribution in [2.75, 3.05) is 19.0 Å². The van der Waals surface area contributed by atoms with Gasteiger partial charge in [-0.3, -0.25) is 0 Å². The lowest BCUT2D eigenvalue weighted by atomic mass is 10.1. The number of benzene rings is 1. The molecule has 1 aromatic rings. The summed E-state index contributed by atoms with van der Waals surface area (Å²) in [5.74, 6) is 0. The van der Waals surface area contributed by atoms with Crippen LogP contribution >= 0.6 is 0 Å². The number of anilines is 1. The highest BCUT2D eigenvalue weighted by atomic mass is 16.5. The Bertz CT molecular complexity index is 326. The molecule has 3 heteroatoms. The molecule has 0 amide bonds. The van der Waals surface area contributed by atoms with Gasteiger partial charge in [0.25, 0.3) is 0 Å². The van der Waals surface area contributed by atoms with E-state index in [-0.39, 0.29) is 6.10 Å². The van der Waals surface area contributed by atoms with Gasteiger partial charge in [-0.05, 0) is 24.6 Å². The van der Waals surface area contributed by atoms with Gasteiger partial charge in [0.2, 0.25) is 0 Å². The summed E-state index contributed by atoms with van der Waals surface area (Å²) < 4.78 is 5.13. The standard InChI is InChI=1S/C12H16N2O/c1-10(15-2)9-14-12-5-3-11(4-6-12)7-8-13/h3-6,10,14H,7,9H2,1-2H3. The van der Waals surface area contributed by atoms with Crippen LogP contribution in [-0.4, -0.2) is 19.8 Å². The maximum Gasteiger partial charge on any atom is 0.0715 e. The Morgan fingerprint density at radius 1 is 1.40 bits per heavy atom. The summed E-state index contributed by atoms with van der Waals surface area (Å²) in [5.41, 5.74) is 2.10. The molecule has 0 aliphatic carbocycles. The van der Waals surface area contributed by atoms with Crippen molar-refractivity contribution in [2.45, 2.75) is 19.4 Å². The van der Waals surface area contributed by atoms with Crippen LogP contribution in [0.15, 0.2) is 24.3 Å². The number of hydrogen-bond donors (Lipinski definition) is 1. The molecule has 0 aliphatic rings. The molecule has 1 N–H and O–H groups in total. The molecule has 15 heavy (non-hydrogen) atoms. The van der Waals surface area contributed by atoms with Gasteiger partial charge in [-0.1, -0.05) is 12.1 Å². The van der Waals surface area contributed by atoms with Crippen LogP contribution in [0.5, 0.6) is 0 Å². The predicted octanol–water partition coefficient (Wildman–Crippen LogP) is 2.20. The van der Waals surface area contributed by atoms with Gasteiger partial charge in [-0.15, -0.1) is 0 Å². The molecule has 0 saturated heterocycles. The van der Waals surface area contributed by atoms with Gasteiger partial charge in [0.15, 0.2) is 0 Å². The molecule has 80 valence electrons. The zero-order chi connectivity index (χ0) is 11.1. The highest BCUT2D eigenvalue weighted by Gasteiger charge is 1.98. The summed E-state index contributed by atoms with van der Waals surface area (Å²) >= 11 is 0. The molecule has 1 aromatic carbocycles. The van der Waals surface area contributed by atoms with Crippen LogP contribution in [0.2, 0.25) is 0 Å². The number of nitrogens with one attached hydrogen (secondary N) is 1. The minimum absolute atomic E-state index is 0.198. The van der Waals surface area contributed by atoms with Gasteiger partial charge in [-0.25, -0.2) is 0 Å². The fraction of sp³-hybridized carbons (Fsp3) is 0.417. The summed E-state index contributed by atoms with van der Waals surface area (Å²) in [6, 6.07) is 10.0. The van der Waals surface area contributed by atoms with Crippen molar-refractivity contribution in [3.63, 3.8) is 0 Å². The van der Waals surface area contributed by atoms with E-state index in [0.29, 0.717) is 6.42 Å². The van der Waals surface area contributed by atoms with Crippen molar-refractivity contribution in [3.8, 4) is 6.07 Å². The van der Waals surface area contributed by atoms with E-state index in [4.69, 9.17) is 10.00 Å². The van der Waals surface area contributed by atoms with Crippen LogP contribution in [-0.2, 0) is 11.2 Å². The van der Waals surface area contributed by atoms with Crippen molar-refractivity contribution in [1.82, 2.24) is 0 Å². The highest BCUT2D eigenvalue weighted by Crippen LogP contribution is 2.09. The summed E-state index contributed by atoms with van der Waals surface area (Å²) in [4.78, 5) is 0. The minimum Gasteiger partial charge on any atom is -0.382 e. The van der Waals surface area contributed by atoms with Crippen molar-refractivity contribution in [1.29, 1.82) is 5.26 Å². The molecule has 1 atom stereocenters. The third-order valence-electron chi connectivity index (χ3n) is 2.23. The SMILES string of the molecule is COC(C)CNc1ccc(CC#N)cc1. The second-order valence-corrected chi connectivity index (χ2v) is 3.46. The maximum absolute atomic E-state index is 8.51. The minimum atomic E-state index is 0.198. The van der Waals surface area contributed by atoms with Gasteiger partial charge in [0.05, 0.1) is 18.6 Å². The van der Waals surface area contributed by atoms with E-state index in [9.17, 15) is 0 Å². The van der Waals surface area contributed by atoms with Crippen LogP contribution < -0.4 is 5.32 Å². The lowest BCUT2D eigenvalue weighted by Gasteiger charge is -2.11. The molecular formula is C12H16N2O. The first-order valence-electron chi connectivity index (χ1n) is 4.99. The lowest BCUT2D eigenvalue weighted by Crippen LogP contribution is -2.17. The molecule has 0 saturated carbocycles. The molecule has 0 heterocycles. The third kappa shape index (κ3) is 4.01. The zero-order valence-corrected chi connectivity index (χ0v) is 9.16. The number of nitriles is 1. The Hall–Kier alpha value is -1.53. The Morgan fingerprint density at radius 2 is 2.07 bits per heavy atom. The fourth-order valence-electron chi connectivity index (χ4n) is 1.18. The normalized spacial score (nSPS) is 11.8. The van der Waals surface area contributed by atoms with Crippen LogP contribution in [0.3, 0.4) is 0 Å². The van der Waals surface area contributed by atoms with Crippen molar-refractivity contribution in [2.24, 2.45) is 0 Å². The van der Waals surface area contributed by atoms with Crippen LogP contribution in [0, 0.1) is 11.3 Å². The van der Waals surface area contributed by atoms with E-state index in [1.165, 1.54) is 0 Å². The lowest BCUT2D eigenvalue weighted by molar-refractivity contribution is 0.129. The largest absolute Gasteiger partial charge is 0.382 e. The van der Waals surface area contributed by atoms with E-state index in [0.717, 1.165) is 17.8 Å². The molecule has 3 nitrogen and oxygen atoms in total. The molecule has 1 unspecified atom stereocenters. The maximum atomic E-state index is 8.51.